The van der Waals surface area contributed by atoms with Crippen molar-refractivity contribution in [2.45, 2.75) is 20.4 Å². The highest BCUT2D eigenvalue weighted by Crippen LogP contribution is 2.19. The predicted molar refractivity (Wildman–Crippen MR) is 114 cm³/mol. The maximum absolute atomic E-state index is 12.7. The number of anilines is 1. The molecular formula is C22H25N3O4. The molecule has 0 spiro atoms. The molecule has 0 aliphatic rings. The van der Waals surface area contributed by atoms with Crippen molar-refractivity contribution in [1.29, 1.82) is 0 Å². The molecule has 3 N–H and O–H groups in total. The van der Waals surface area contributed by atoms with Crippen LogP contribution in [0.1, 0.15) is 16.7 Å². The number of hydrogen-bond acceptors (Lipinski definition) is 4. The number of pyridine rings is 1. The van der Waals surface area contributed by atoms with Gasteiger partial charge in [-0.15, -0.1) is 0 Å². The number of nitrogens with one attached hydrogen (secondary N) is 2. The van der Waals surface area contributed by atoms with Crippen LogP contribution in [0.5, 0.6) is 5.75 Å². The number of aromatic nitrogens is 1. The van der Waals surface area contributed by atoms with Crippen molar-refractivity contribution < 1.29 is 14.6 Å². The summed E-state index contributed by atoms with van der Waals surface area (Å²) < 4.78 is 5.11. The molecule has 2 aromatic carbocycles. The molecule has 29 heavy (non-hydrogen) atoms. The van der Waals surface area contributed by atoms with E-state index in [-0.39, 0.29) is 25.3 Å². The second-order valence-electron chi connectivity index (χ2n) is 6.97. The summed E-state index contributed by atoms with van der Waals surface area (Å²) in [4.78, 5) is 29.6. The van der Waals surface area contributed by atoms with Crippen molar-refractivity contribution in [3.8, 4) is 5.75 Å². The Balaban J connectivity index is 1.84. The number of aliphatic hydroxyl groups excluding tert-OH is 1. The highest BCUT2D eigenvalue weighted by Gasteiger charge is 2.16. The number of fused-ring (bicyclic) bond motifs is 1. The molecule has 1 aromatic heterocycles. The summed E-state index contributed by atoms with van der Waals surface area (Å²) in [6, 6.07) is 12.3. The molecule has 0 aliphatic heterocycles. The molecule has 0 atom stereocenters. The maximum Gasteiger partial charge on any atom is 0.322 e. The topological polar surface area (TPSA) is 94.7 Å². The number of nitrogens with zero attached hydrogens (tertiary/aromatic N) is 1. The average molecular weight is 395 g/mol. The number of rotatable bonds is 6. The minimum Gasteiger partial charge on any atom is -0.497 e. The molecule has 0 unspecified atom stereocenters. The van der Waals surface area contributed by atoms with Gasteiger partial charge in [-0.3, -0.25) is 4.79 Å². The lowest BCUT2D eigenvalue weighted by Crippen LogP contribution is -2.38. The quantitative estimate of drug-likeness (QED) is 0.597. The number of H-pyrrole nitrogens is 1. The van der Waals surface area contributed by atoms with E-state index >= 15 is 0 Å². The van der Waals surface area contributed by atoms with E-state index in [1.807, 2.05) is 26.0 Å². The second-order valence-corrected chi connectivity index (χ2v) is 6.97. The Labute approximate surface area is 168 Å². The number of hydrogen-bond donors (Lipinski definition) is 3. The van der Waals surface area contributed by atoms with Crippen molar-refractivity contribution in [1.82, 2.24) is 9.88 Å². The lowest BCUT2D eigenvalue weighted by Gasteiger charge is -2.22. The van der Waals surface area contributed by atoms with Crippen LogP contribution in [0, 0.1) is 13.8 Å². The summed E-state index contributed by atoms with van der Waals surface area (Å²) in [5.74, 6) is 0.684. The number of aryl methyl sites for hydroxylation is 2. The van der Waals surface area contributed by atoms with Crippen LogP contribution in [-0.4, -0.2) is 41.3 Å². The van der Waals surface area contributed by atoms with Crippen LogP contribution in [0.4, 0.5) is 10.5 Å². The van der Waals surface area contributed by atoms with E-state index in [0.29, 0.717) is 17.0 Å². The van der Waals surface area contributed by atoms with Crippen molar-refractivity contribution in [3.05, 3.63) is 69.5 Å². The number of carbonyl (C=O) groups is 1. The summed E-state index contributed by atoms with van der Waals surface area (Å²) in [7, 11) is 1.57. The fourth-order valence-electron chi connectivity index (χ4n) is 3.31. The van der Waals surface area contributed by atoms with E-state index in [9.17, 15) is 14.7 Å². The first-order chi connectivity index (χ1) is 13.9. The Morgan fingerprint density at radius 2 is 1.90 bits per heavy atom. The molecule has 0 saturated carbocycles. The molecule has 0 radical (unpaired) electrons. The smallest absolute Gasteiger partial charge is 0.322 e. The highest BCUT2D eigenvalue weighted by atomic mass is 16.5. The molecule has 0 saturated heterocycles. The first kappa shape index (κ1) is 20.4. The summed E-state index contributed by atoms with van der Waals surface area (Å²) in [6.07, 6.45) is 0. The number of carbonyl (C=O) groups excluding carboxylic acids is 1. The Morgan fingerprint density at radius 1 is 1.17 bits per heavy atom. The van der Waals surface area contributed by atoms with Gasteiger partial charge in [0, 0.05) is 17.8 Å². The van der Waals surface area contributed by atoms with Crippen molar-refractivity contribution in [2.24, 2.45) is 0 Å². The van der Waals surface area contributed by atoms with Gasteiger partial charge < -0.3 is 25.0 Å². The number of methoxy groups -OCH3 is 1. The van der Waals surface area contributed by atoms with Crippen LogP contribution >= 0.6 is 0 Å². The zero-order valence-electron chi connectivity index (χ0n) is 16.8. The second kappa shape index (κ2) is 8.79. The SMILES string of the molecule is COc1ccc(NC(=O)N(CCO)Cc2cc3cc(C)cc(C)c3[nH]c2=O)cc1. The fourth-order valence-corrected chi connectivity index (χ4v) is 3.31. The third kappa shape index (κ3) is 4.75. The van der Waals surface area contributed by atoms with E-state index in [0.717, 1.165) is 22.0 Å². The van der Waals surface area contributed by atoms with E-state index in [1.165, 1.54) is 4.90 Å². The molecule has 152 valence electrons. The Bertz CT molecular complexity index is 1070. The van der Waals surface area contributed by atoms with Gasteiger partial charge in [-0.25, -0.2) is 4.79 Å². The van der Waals surface area contributed by atoms with Crippen LogP contribution in [0.15, 0.2) is 47.3 Å². The van der Waals surface area contributed by atoms with Gasteiger partial charge in [0.15, 0.2) is 0 Å². The molecule has 0 bridgehead atoms. The van der Waals surface area contributed by atoms with E-state index in [2.05, 4.69) is 10.3 Å². The highest BCUT2D eigenvalue weighted by molar-refractivity contribution is 5.89. The first-order valence-electron chi connectivity index (χ1n) is 9.35. The molecule has 0 aliphatic carbocycles. The van der Waals surface area contributed by atoms with Gasteiger partial charge in [0.25, 0.3) is 5.56 Å². The fraction of sp³-hybridized carbons (Fsp3) is 0.273. The predicted octanol–water partition coefficient (Wildman–Crippen LogP) is 3.18. The van der Waals surface area contributed by atoms with Crippen LogP contribution in [0.25, 0.3) is 10.9 Å². The molecule has 1 heterocycles. The molecule has 0 fully saturated rings. The molecule has 3 rings (SSSR count). The standard InChI is InChI=1S/C22H25N3O4/c1-14-10-15(2)20-16(11-14)12-17(21(27)24-20)13-25(8-9-26)22(28)23-18-4-6-19(29-3)7-5-18/h4-7,10-12,26H,8-9,13H2,1-3H3,(H,23,28)(H,24,27). The zero-order valence-corrected chi connectivity index (χ0v) is 16.8. The minimum atomic E-state index is -0.399. The summed E-state index contributed by atoms with van der Waals surface area (Å²) in [5, 5.41) is 13.1. The molecule has 7 heteroatoms. The number of benzene rings is 2. The van der Waals surface area contributed by atoms with Crippen LogP contribution < -0.4 is 15.6 Å². The van der Waals surface area contributed by atoms with Gasteiger partial charge in [0.2, 0.25) is 0 Å². The largest absolute Gasteiger partial charge is 0.497 e. The minimum absolute atomic E-state index is 0.0841. The van der Waals surface area contributed by atoms with Gasteiger partial charge in [-0.05, 0) is 61.2 Å². The number of aromatic amines is 1. The average Bonchev–Trinajstić information content (AvgIpc) is 2.69. The molecule has 2 amide bonds. The molecule has 3 aromatic rings. The Morgan fingerprint density at radius 3 is 2.55 bits per heavy atom. The number of ether oxygens (including phenoxy) is 1. The third-order valence-electron chi connectivity index (χ3n) is 4.73. The molecular weight excluding hydrogens is 370 g/mol. The van der Waals surface area contributed by atoms with Crippen LogP contribution in [-0.2, 0) is 6.54 Å². The summed E-state index contributed by atoms with van der Waals surface area (Å²) >= 11 is 0. The van der Waals surface area contributed by atoms with Crippen molar-refractivity contribution in [3.63, 3.8) is 0 Å². The number of aliphatic hydroxyl groups is 1. The van der Waals surface area contributed by atoms with Gasteiger partial charge in [0.1, 0.15) is 5.75 Å². The van der Waals surface area contributed by atoms with Crippen molar-refractivity contribution >= 4 is 22.6 Å². The van der Waals surface area contributed by atoms with E-state index < -0.39 is 6.03 Å². The lowest BCUT2D eigenvalue weighted by atomic mass is 10.1. The Kier molecular flexibility index (Phi) is 6.19. The number of urea groups is 1. The van der Waals surface area contributed by atoms with Crippen LogP contribution in [0.2, 0.25) is 0 Å². The maximum atomic E-state index is 12.7. The Hall–Kier alpha value is -3.32. The van der Waals surface area contributed by atoms with Gasteiger partial charge in [-0.1, -0.05) is 11.6 Å². The summed E-state index contributed by atoms with van der Waals surface area (Å²) in [5.41, 5.74) is 3.69. The normalized spacial score (nSPS) is 10.8. The number of amides is 2. The van der Waals surface area contributed by atoms with Gasteiger partial charge >= 0.3 is 6.03 Å². The van der Waals surface area contributed by atoms with Gasteiger partial charge in [-0.2, -0.15) is 0 Å². The third-order valence-corrected chi connectivity index (χ3v) is 4.73. The monoisotopic (exact) mass is 395 g/mol. The van der Waals surface area contributed by atoms with E-state index in [1.54, 1.807) is 37.4 Å². The van der Waals surface area contributed by atoms with Crippen LogP contribution in [0.3, 0.4) is 0 Å². The van der Waals surface area contributed by atoms with Gasteiger partial charge in [0.05, 0.1) is 25.8 Å². The van der Waals surface area contributed by atoms with E-state index in [4.69, 9.17) is 4.74 Å². The summed E-state index contributed by atoms with van der Waals surface area (Å²) in [6.45, 7) is 3.93. The lowest BCUT2D eigenvalue weighted by molar-refractivity contribution is 0.185. The first-order valence-corrected chi connectivity index (χ1v) is 9.35. The van der Waals surface area contributed by atoms with Crippen molar-refractivity contribution in [2.75, 3.05) is 25.6 Å². The zero-order chi connectivity index (χ0) is 21.0. The molecule has 7 nitrogen and oxygen atoms in total.